The molecule has 1 unspecified atom stereocenters. The summed E-state index contributed by atoms with van der Waals surface area (Å²) < 4.78 is 13.1. The highest BCUT2D eigenvalue weighted by Crippen LogP contribution is 2.36. The maximum absolute atomic E-state index is 10.8. The van der Waals surface area contributed by atoms with Gasteiger partial charge in [0.1, 0.15) is 17.6 Å². The van der Waals surface area contributed by atoms with E-state index in [-0.39, 0.29) is 6.04 Å². The Balaban J connectivity index is 2.54. The average Bonchev–Trinajstić information content (AvgIpc) is 2.87. The van der Waals surface area contributed by atoms with Crippen LogP contribution in [-0.2, 0) is 0 Å². The Morgan fingerprint density at radius 1 is 1.24 bits per heavy atom. The van der Waals surface area contributed by atoms with Crippen LogP contribution in [0.15, 0.2) is 28.9 Å². The molecule has 2 rings (SSSR count). The molecule has 0 radical (unpaired) electrons. The Hall–Kier alpha value is -1.53. The molecule has 1 heterocycles. The van der Waals surface area contributed by atoms with Crippen molar-refractivity contribution in [2.45, 2.75) is 26.0 Å². The van der Waals surface area contributed by atoms with Crippen molar-refractivity contribution in [3.63, 3.8) is 0 Å². The first-order chi connectivity index (χ1) is 9.99. The number of nitrogens with zero attached hydrogens (tertiary/aromatic N) is 2. The molecule has 2 aromatic rings. The molecular formula is C15H19BrN2O3. The fraction of sp³-hybridized carbons (Fsp3) is 0.400. The SMILES string of the molecule is COc1ccc(OC)c(C(O)c2c(Br)cnn2C(C)C)c1. The number of aromatic nitrogens is 2. The molecule has 0 aliphatic carbocycles. The fourth-order valence-corrected chi connectivity index (χ4v) is 2.71. The number of benzene rings is 1. The standard InChI is InChI=1S/C15H19BrN2O3/c1-9(2)18-14(12(16)8-17-18)15(19)11-7-10(20-3)5-6-13(11)21-4/h5-9,15,19H,1-4H3. The van der Waals surface area contributed by atoms with E-state index in [1.807, 2.05) is 13.8 Å². The largest absolute Gasteiger partial charge is 0.497 e. The molecule has 6 heteroatoms. The summed E-state index contributed by atoms with van der Waals surface area (Å²) in [5.41, 5.74) is 1.33. The smallest absolute Gasteiger partial charge is 0.125 e. The van der Waals surface area contributed by atoms with E-state index in [0.29, 0.717) is 22.8 Å². The maximum atomic E-state index is 10.8. The van der Waals surface area contributed by atoms with Gasteiger partial charge in [-0.2, -0.15) is 5.10 Å². The minimum absolute atomic E-state index is 0.137. The zero-order valence-corrected chi connectivity index (χ0v) is 14.1. The Labute approximate surface area is 132 Å². The summed E-state index contributed by atoms with van der Waals surface area (Å²) in [6.07, 6.45) is 0.819. The van der Waals surface area contributed by atoms with Gasteiger partial charge >= 0.3 is 0 Å². The van der Waals surface area contributed by atoms with Crippen LogP contribution >= 0.6 is 15.9 Å². The van der Waals surface area contributed by atoms with E-state index in [4.69, 9.17) is 9.47 Å². The minimum atomic E-state index is -0.866. The molecule has 1 N–H and O–H groups in total. The van der Waals surface area contributed by atoms with E-state index < -0.39 is 6.10 Å². The molecule has 1 aromatic heterocycles. The van der Waals surface area contributed by atoms with Gasteiger partial charge in [-0.15, -0.1) is 0 Å². The third-order valence-electron chi connectivity index (χ3n) is 3.27. The first kappa shape index (κ1) is 15.9. The Bertz CT molecular complexity index is 625. The lowest BCUT2D eigenvalue weighted by atomic mass is 10.0. The van der Waals surface area contributed by atoms with Gasteiger partial charge < -0.3 is 14.6 Å². The van der Waals surface area contributed by atoms with E-state index in [1.165, 1.54) is 0 Å². The lowest BCUT2D eigenvalue weighted by molar-refractivity contribution is 0.199. The van der Waals surface area contributed by atoms with Gasteiger partial charge in [-0.3, -0.25) is 4.68 Å². The number of aliphatic hydroxyl groups is 1. The molecule has 0 aliphatic rings. The molecule has 0 saturated carbocycles. The highest BCUT2D eigenvalue weighted by Gasteiger charge is 2.24. The van der Waals surface area contributed by atoms with Crippen LogP contribution in [0.5, 0.6) is 11.5 Å². The van der Waals surface area contributed by atoms with Gasteiger partial charge in [0.15, 0.2) is 0 Å². The van der Waals surface area contributed by atoms with E-state index in [9.17, 15) is 5.11 Å². The first-order valence-electron chi connectivity index (χ1n) is 6.62. The van der Waals surface area contributed by atoms with Crippen LogP contribution in [-0.4, -0.2) is 29.1 Å². The first-order valence-corrected chi connectivity index (χ1v) is 7.41. The van der Waals surface area contributed by atoms with Gasteiger partial charge in [-0.05, 0) is 48.0 Å². The van der Waals surface area contributed by atoms with E-state index >= 15 is 0 Å². The Kier molecular flexibility index (Phi) is 4.90. The number of halogens is 1. The molecular weight excluding hydrogens is 336 g/mol. The van der Waals surface area contributed by atoms with Gasteiger partial charge in [0, 0.05) is 11.6 Å². The monoisotopic (exact) mass is 354 g/mol. The van der Waals surface area contributed by atoms with Crippen LogP contribution in [0, 0.1) is 0 Å². The van der Waals surface area contributed by atoms with Gasteiger partial charge in [0.2, 0.25) is 0 Å². The van der Waals surface area contributed by atoms with Crippen molar-refractivity contribution < 1.29 is 14.6 Å². The molecule has 1 aromatic carbocycles. The van der Waals surface area contributed by atoms with Crippen LogP contribution in [0.1, 0.15) is 37.3 Å². The average molecular weight is 355 g/mol. The summed E-state index contributed by atoms with van der Waals surface area (Å²) >= 11 is 3.45. The van der Waals surface area contributed by atoms with Gasteiger partial charge in [0.05, 0.1) is 30.6 Å². The van der Waals surface area contributed by atoms with Crippen molar-refractivity contribution in [1.29, 1.82) is 0 Å². The zero-order chi connectivity index (χ0) is 15.6. The second kappa shape index (κ2) is 6.49. The fourth-order valence-electron chi connectivity index (χ4n) is 2.22. The highest BCUT2D eigenvalue weighted by molar-refractivity contribution is 9.10. The van der Waals surface area contributed by atoms with E-state index in [1.54, 1.807) is 43.3 Å². The Morgan fingerprint density at radius 2 is 1.95 bits per heavy atom. The zero-order valence-electron chi connectivity index (χ0n) is 12.5. The van der Waals surface area contributed by atoms with Gasteiger partial charge in [0.25, 0.3) is 0 Å². The Morgan fingerprint density at radius 3 is 2.52 bits per heavy atom. The molecule has 1 atom stereocenters. The van der Waals surface area contributed by atoms with Crippen LogP contribution in [0.2, 0.25) is 0 Å². The second-order valence-electron chi connectivity index (χ2n) is 4.93. The van der Waals surface area contributed by atoms with Crippen molar-refractivity contribution in [2.75, 3.05) is 14.2 Å². The molecule has 0 aliphatic heterocycles. The summed E-state index contributed by atoms with van der Waals surface area (Å²) in [6.45, 7) is 4.02. The molecule has 0 spiro atoms. The van der Waals surface area contributed by atoms with Crippen LogP contribution in [0.4, 0.5) is 0 Å². The van der Waals surface area contributed by atoms with Crippen molar-refractivity contribution in [3.8, 4) is 11.5 Å². The quantitative estimate of drug-likeness (QED) is 0.894. The van der Waals surface area contributed by atoms with Crippen LogP contribution in [0.3, 0.4) is 0 Å². The number of hydrogen-bond acceptors (Lipinski definition) is 4. The number of ether oxygens (including phenoxy) is 2. The molecule has 0 bridgehead atoms. The lowest BCUT2D eigenvalue weighted by Crippen LogP contribution is -2.13. The van der Waals surface area contributed by atoms with E-state index in [2.05, 4.69) is 21.0 Å². The minimum Gasteiger partial charge on any atom is -0.497 e. The van der Waals surface area contributed by atoms with E-state index in [0.717, 1.165) is 4.47 Å². The van der Waals surface area contributed by atoms with Crippen molar-refractivity contribution in [3.05, 3.63) is 40.1 Å². The summed E-state index contributed by atoms with van der Waals surface area (Å²) in [7, 11) is 3.17. The van der Waals surface area contributed by atoms with Crippen molar-refractivity contribution in [1.82, 2.24) is 9.78 Å². The third-order valence-corrected chi connectivity index (χ3v) is 3.88. The summed E-state index contributed by atoms with van der Waals surface area (Å²) in [5, 5.41) is 15.1. The third kappa shape index (κ3) is 3.06. The van der Waals surface area contributed by atoms with Gasteiger partial charge in [-0.1, -0.05) is 0 Å². The summed E-state index contributed by atoms with van der Waals surface area (Å²) in [6, 6.07) is 5.48. The number of aliphatic hydroxyl groups excluding tert-OH is 1. The normalized spacial score (nSPS) is 12.5. The predicted molar refractivity (Wildman–Crippen MR) is 83.9 cm³/mol. The molecule has 114 valence electrons. The molecule has 5 nitrogen and oxygen atoms in total. The molecule has 0 amide bonds. The summed E-state index contributed by atoms with van der Waals surface area (Å²) in [4.78, 5) is 0. The number of methoxy groups -OCH3 is 2. The summed E-state index contributed by atoms with van der Waals surface area (Å²) in [5.74, 6) is 1.27. The van der Waals surface area contributed by atoms with Crippen molar-refractivity contribution >= 4 is 15.9 Å². The van der Waals surface area contributed by atoms with Gasteiger partial charge in [-0.25, -0.2) is 0 Å². The predicted octanol–water partition coefficient (Wildman–Crippen LogP) is 3.33. The number of rotatable bonds is 5. The van der Waals surface area contributed by atoms with Crippen molar-refractivity contribution in [2.24, 2.45) is 0 Å². The maximum Gasteiger partial charge on any atom is 0.125 e. The lowest BCUT2D eigenvalue weighted by Gasteiger charge is -2.19. The van der Waals surface area contributed by atoms with Crippen LogP contribution in [0.25, 0.3) is 0 Å². The highest BCUT2D eigenvalue weighted by atomic mass is 79.9. The number of hydrogen-bond donors (Lipinski definition) is 1. The second-order valence-corrected chi connectivity index (χ2v) is 5.78. The van der Waals surface area contributed by atoms with Crippen LogP contribution < -0.4 is 9.47 Å². The molecule has 0 fully saturated rings. The topological polar surface area (TPSA) is 56.5 Å². The molecule has 0 saturated heterocycles. The molecule has 21 heavy (non-hydrogen) atoms.